The minimum Gasteiger partial charge on any atom is -0.497 e. The molecule has 0 radical (unpaired) electrons. The summed E-state index contributed by atoms with van der Waals surface area (Å²) >= 11 is 0. The van der Waals surface area contributed by atoms with Crippen LogP contribution in [-0.4, -0.2) is 67.4 Å². The number of benzene rings is 2. The van der Waals surface area contributed by atoms with Crippen LogP contribution >= 0.6 is 0 Å². The van der Waals surface area contributed by atoms with Crippen molar-refractivity contribution >= 4 is 23.4 Å². The number of piperazine rings is 1. The number of nitrogens with zero attached hydrogens (tertiary/aromatic N) is 3. The quantitative estimate of drug-likeness (QED) is 0.722. The van der Waals surface area contributed by atoms with Crippen molar-refractivity contribution in [2.45, 2.75) is 25.7 Å². The van der Waals surface area contributed by atoms with Gasteiger partial charge in [0.05, 0.1) is 13.0 Å². The van der Waals surface area contributed by atoms with E-state index in [1.807, 2.05) is 11.0 Å². The van der Waals surface area contributed by atoms with Gasteiger partial charge in [0.1, 0.15) is 5.75 Å². The molecule has 1 atom stereocenters. The third kappa shape index (κ3) is 4.19. The third-order valence-electron chi connectivity index (χ3n) is 7.08. The number of aryl methyl sites for hydroxylation is 2. The molecule has 2 heterocycles. The lowest BCUT2D eigenvalue weighted by molar-refractivity contribution is -0.137. The monoisotopic (exact) mass is 447 g/mol. The second kappa shape index (κ2) is 8.89. The number of hydrogen-bond acceptors (Lipinski definition) is 4. The molecule has 2 aliphatic heterocycles. The largest absolute Gasteiger partial charge is 0.497 e. The van der Waals surface area contributed by atoms with E-state index in [4.69, 9.17) is 4.74 Å². The first kappa shape index (κ1) is 21.5. The van der Waals surface area contributed by atoms with Gasteiger partial charge in [-0.25, -0.2) is 0 Å². The van der Waals surface area contributed by atoms with Crippen molar-refractivity contribution in [3.8, 4) is 5.75 Å². The first-order valence-corrected chi connectivity index (χ1v) is 11.7. The van der Waals surface area contributed by atoms with Crippen molar-refractivity contribution in [3.05, 3.63) is 59.2 Å². The Balaban J connectivity index is 1.18. The molecule has 5 rings (SSSR count). The van der Waals surface area contributed by atoms with E-state index in [1.54, 1.807) is 41.2 Å². The van der Waals surface area contributed by atoms with Crippen molar-refractivity contribution in [1.29, 1.82) is 0 Å². The van der Waals surface area contributed by atoms with E-state index < -0.39 is 0 Å². The highest BCUT2D eigenvalue weighted by Gasteiger charge is 2.38. The number of carbonyl (C=O) groups is 3. The van der Waals surface area contributed by atoms with Gasteiger partial charge >= 0.3 is 0 Å². The molecule has 2 aromatic carbocycles. The molecular formula is C26H29N3O4. The van der Waals surface area contributed by atoms with Crippen molar-refractivity contribution in [1.82, 2.24) is 9.80 Å². The van der Waals surface area contributed by atoms with Crippen LogP contribution in [0.3, 0.4) is 0 Å². The molecule has 172 valence electrons. The zero-order valence-electron chi connectivity index (χ0n) is 19.0. The maximum atomic E-state index is 13.2. The average Bonchev–Trinajstić information content (AvgIpc) is 3.49. The Labute approximate surface area is 193 Å². The van der Waals surface area contributed by atoms with Crippen LogP contribution < -0.4 is 9.64 Å². The van der Waals surface area contributed by atoms with E-state index in [0.717, 1.165) is 18.5 Å². The van der Waals surface area contributed by atoms with E-state index >= 15 is 0 Å². The molecule has 33 heavy (non-hydrogen) atoms. The summed E-state index contributed by atoms with van der Waals surface area (Å²) in [6.07, 6.45) is 3.59. The SMILES string of the molecule is COc1ccc(C(=O)N2CCN(C(=O)C3CC(=O)N(c4ccc5c(c4)CCC5)C3)CC2)cc1. The van der Waals surface area contributed by atoms with Crippen LogP contribution in [0.4, 0.5) is 5.69 Å². The summed E-state index contributed by atoms with van der Waals surface area (Å²) in [5, 5.41) is 0. The lowest BCUT2D eigenvalue weighted by Gasteiger charge is -2.36. The molecule has 3 amide bonds. The van der Waals surface area contributed by atoms with Crippen molar-refractivity contribution in [3.63, 3.8) is 0 Å². The molecule has 0 bridgehead atoms. The first-order chi connectivity index (χ1) is 16.0. The van der Waals surface area contributed by atoms with Gasteiger partial charge in [-0.2, -0.15) is 0 Å². The molecule has 0 saturated carbocycles. The summed E-state index contributed by atoms with van der Waals surface area (Å²) in [4.78, 5) is 44.0. The van der Waals surface area contributed by atoms with Gasteiger partial charge < -0.3 is 19.4 Å². The number of ether oxygens (including phenoxy) is 1. The fourth-order valence-corrected chi connectivity index (χ4v) is 5.15. The minimum absolute atomic E-state index is 0.0135. The van der Waals surface area contributed by atoms with Crippen LogP contribution in [-0.2, 0) is 22.4 Å². The molecule has 7 nitrogen and oxygen atoms in total. The second-order valence-electron chi connectivity index (χ2n) is 9.06. The smallest absolute Gasteiger partial charge is 0.253 e. The number of anilines is 1. The van der Waals surface area contributed by atoms with Gasteiger partial charge in [0.2, 0.25) is 11.8 Å². The Morgan fingerprint density at radius 3 is 2.33 bits per heavy atom. The average molecular weight is 448 g/mol. The standard InChI is InChI=1S/C26H29N3O4/c1-33-23-9-6-19(7-10-23)25(31)27-11-13-28(14-12-27)26(32)21-16-24(30)29(17-21)22-8-5-18-3-2-4-20(18)15-22/h5-10,15,21H,2-4,11-14,16-17H2,1H3. The Kier molecular flexibility index (Phi) is 5.79. The number of fused-ring (bicyclic) bond motifs is 1. The molecule has 0 aromatic heterocycles. The van der Waals surface area contributed by atoms with Gasteiger partial charge in [-0.1, -0.05) is 6.07 Å². The zero-order chi connectivity index (χ0) is 22.9. The molecule has 2 aromatic rings. The third-order valence-corrected chi connectivity index (χ3v) is 7.08. The Morgan fingerprint density at radius 2 is 1.61 bits per heavy atom. The van der Waals surface area contributed by atoms with Gasteiger partial charge in [-0.15, -0.1) is 0 Å². The second-order valence-corrected chi connectivity index (χ2v) is 9.06. The predicted octanol–water partition coefficient (Wildman–Crippen LogP) is 2.52. The van der Waals surface area contributed by atoms with Gasteiger partial charge in [0.15, 0.2) is 0 Å². The Bertz CT molecular complexity index is 1070. The number of rotatable bonds is 4. The number of hydrogen-bond donors (Lipinski definition) is 0. The van der Waals surface area contributed by atoms with Gasteiger partial charge in [-0.05, 0) is 66.8 Å². The van der Waals surface area contributed by atoms with Gasteiger partial charge in [-0.3, -0.25) is 14.4 Å². The van der Waals surface area contributed by atoms with Crippen molar-refractivity contribution < 1.29 is 19.1 Å². The zero-order valence-corrected chi connectivity index (χ0v) is 19.0. The van der Waals surface area contributed by atoms with Crippen molar-refractivity contribution in [2.24, 2.45) is 5.92 Å². The highest BCUT2D eigenvalue weighted by Crippen LogP contribution is 2.31. The molecule has 0 spiro atoms. The Hall–Kier alpha value is -3.35. The highest BCUT2D eigenvalue weighted by atomic mass is 16.5. The Morgan fingerprint density at radius 1 is 0.909 bits per heavy atom. The molecule has 7 heteroatoms. The summed E-state index contributed by atoms with van der Waals surface area (Å²) in [5.74, 6) is 0.378. The summed E-state index contributed by atoms with van der Waals surface area (Å²) in [6, 6.07) is 13.3. The number of methoxy groups -OCH3 is 1. The van der Waals surface area contributed by atoms with Crippen LogP contribution in [0.1, 0.15) is 34.3 Å². The maximum Gasteiger partial charge on any atom is 0.253 e. The van der Waals surface area contributed by atoms with Crippen LogP contribution in [0.25, 0.3) is 0 Å². The predicted molar refractivity (Wildman–Crippen MR) is 124 cm³/mol. The summed E-state index contributed by atoms with van der Waals surface area (Å²) < 4.78 is 5.15. The van der Waals surface area contributed by atoms with Gasteiger partial charge in [0.25, 0.3) is 5.91 Å². The summed E-state index contributed by atoms with van der Waals surface area (Å²) in [5.41, 5.74) is 4.22. The summed E-state index contributed by atoms with van der Waals surface area (Å²) in [7, 11) is 1.59. The lowest BCUT2D eigenvalue weighted by atomic mass is 10.1. The lowest BCUT2D eigenvalue weighted by Crippen LogP contribution is -2.52. The normalized spacial score (nSPS) is 20.2. The molecule has 0 N–H and O–H groups in total. The minimum atomic E-state index is -0.324. The molecule has 2 fully saturated rings. The number of amides is 3. The van der Waals surface area contributed by atoms with E-state index in [2.05, 4.69) is 12.1 Å². The van der Waals surface area contributed by atoms with Crippen LogP contribution in [0.5, 0.6) is 5.75 Å². The maximum absolute atomic E-state index is 13.2. The van der Waals surface area contributed by atoms with E-state index in [-0.39, 0.29) is 30.1 Å². The van der Waals surface area contributed by atoms with Crippen LogP contribution in [0.15, 0.2) is 42.5 Å². The molecule has 2 saturated heterocycles. The van der Waals surface area contributed by atoms with E-state index in [1.165, 1.54) is 17.5 Å². The number of carbonyl (C=O) groups excluding carboxylic acids is 3. The summed E-state index contributed by atoms with van der Waals surface area (Å²) in [6.45, 7) is 2.40. The molecular weight excluding hydrogens is 418 g/mol. The van der Waals surface area contributed by atoms with Crippen LogP contribution in [0.2, 0.25) is 0 Å². The van der Waals surface area contributed by atoms with Crippen LogP contribution in [0, 0.1) is 5.92 Å². The van der Waals surface area contributed by atoms with Gasteiger partial charge in [0, 0.05) is 50.4 Å². The van der Waals surface area contributed by atoms with E-state index in [0.29, 0.717) is 44.0 Å². The molecule has 1 aliphatic carbocycles. The first-order valence-electron chi connectivity index (χ1n) is 11.7. The van der Waals surface area contributed by atoms with Crippen molar-refractivity contribution in [2.75, 3.05) is 44.7 Å². The highest BCUT2D eigenvalue weighted by molar-refractivity contribution is 6.00. The fourth-order valence-electron chi connectivity index (χ4n) is 5.15. The van der Waals surface area contributed by atoms with E-state index in [9.17, 15) is 14.4 Å². The fraction of sp³-hybridized carbons (Fsp3) is 0.423. The topological polar surface area (TPSA) is 70.2 Å². The molecule has 3 aliphatic rings. The molecule has 1 unspecified atom stereocenters.